The Balaban J connectivity index is 2.00. The molecule has 3 nitrogen and oxygen atoms in total. The maximum atomic E-state index is 12.7. The molecule has 1 atom stereocenters. The molecule has 2 aromatic carbocycles. The van der Waals surface area contributed by atoms with Gasteiger partial charge in [-0.25, -0.2) is 4.98 Å². The lowest BCUT2D eigenvalue weighted by Crippen LogP contribution is -2.31. The highest BCUT2D eigenvalue weighted by Crippen LogP contribution is 2.44. The largest absolute Gasteiger partial charge is 0.465 e. The number of hydrogen-bond acceptors (Lipinski definition) is 5. The number of thioether (sulfide) groups is 1. The first-order valence-electron chi connectivity index (χ1n) is 7.51. The molecule has 1 unspecified atom stereocenters. The van der Waals surface area contributed by atoms with Crippen LogP contribution in [0.15, 0.2) is 52.9 Å². The Morgan fingerprint density at radius 3 is 2.75 bits per heavy atom. The number of fused-ring (bicyclic) bond motifs is 1. The summed E-state index contributed by atoms with van der Waals surface area (Å²) >= 11 is 8.99. The molecule has 0 aliphatic carbocycles. The SMILES string of the molecule is CCOC(=O)C(C)(Sc1nc2cc(Cl)ccc2s1)c1ccccc1. The first-order chi connectivity index (χ1) is 11.5. The van der Waals surface area contributed by atoms with Crippen LogP contribution >= 0.6 is 34.7 Å². The number of carbonyl (C=O) groups excluding carboxylic acids is 1. The second kappa shape index (κ2) is 7.13. The molecule has 0 fully saturated rings. The number of carbonyl (C=O) groups is 1. The Kier molecular flexibility index (Phi) is 5.13. The van der Waals surface area contributed by atoms with Crippen molar-refractivity contribution in [1.82, 2.24) is 4.98 Å². The van der Waals surface area contributed by atoms with Gasteiger partial charge in [-0.15, -0.1) is 11.3 Å². The van der Waals surface area contributed by atoms with Crippen molar-refractivity contribution in [3.63, 3.8) is 0 Å². The molecule has 0 N–H and O–H groups in total. The Bertz CT molecular complexity index is 866. The van der Waals surface area contributed by atoms with Gasteiger partial charge in [0.25, 0.3) is 0 Å². The van der Waals surface area contributed by atoms with Crippen LogP contribution < -0.4 is 0 Å². The fraction of sp³-hybridized carbons (Fsp3) is 0.222. The lowest BCUT2D eigenvalue weighted by molar-refractivity contribution is -0.145. The molecule has 1 heterocycles. The molecule has 0 amide bonds. The van der Waals surface area contributed by atoms with Crippen LogP contribution in [0.4, 0.5) is 0 Å². The van der Waals surface area contributed by atoms with Gasteiger partial charge < -0.3 is 4.74 Å². The minimum absolute atomic E-state index is 0.265. The van der Waals surface area contributed by atoms with E-state index in [2.05, 4.69) is 4.98 Å². The van der Waals surface area contributed by atoms with Crippen LogP contribution in [0.5, 0.6) is 0 Å². The van der Waals surface area contributed by atoms with Crippen LogP contribution in [0.25, 0.3) is 10.2 Å². The van der Waals surface area contributed by atoms with E-state index < -0.39 is 4.75 Å². The van der Waals surface area contributed by atoms with Crippen molar-refractivity contribution in [3.8, 4) is 0 Å². The topological polar surface area (TPSA) is 39.2 Å². The highest BCUT2D eigenvalue weighted by Gasteiger charge is 2.39. The van der Waals surface area contributed by atoms with E-state index in [-0.39, 0.29) is 5.97 Å². The molecule has 0 saturated carbocycles. The number of benzene rings is 2. The summed E-state index contributed by atoms with van der Waals surface area (Å²) < 4.78 is 6.33. The smallest absolute Gasteiger partial charge is 0.326 e. The van der Waals surface area contributed by atoms with Crippen LogP contribution in [0.1, 0.15) is 19.4 Å². The van der Waals surface area contributed by atoms with Gasteiger partial charge in [0, 0.05) is 5.02 Å². The number of hydrogen-bond donors (Lipinski definition) is 0. The molecule has 1 aromatic heterocycles. The van der Waals surface area contributed by atoms with Crippen molar-refractivity contribution >= 4 is 50.9 Å². The maximum absolute atomic E-state index is 12.7. The van der Waals surface area contributed by atoms with Gasteiger partial charge in [-0.05, 0) is 37.6 Å². The van der Waals surface area contributed by atoms with Crippen LogP contribution in [0, 0.1) is 0 Å². The Hall–Kier alpha value is -1.56. The lowest BCUT2D eigenvalue weighted by Gasteiger charge is -2.26. The second-order valence-corrected chi connectivity index (χ2v) is 8.45. The fourth-order valence-corrected chi connectivity index (χ4v) is 5.01. The van der Waals surface area contributed by atoms with Gasteiger partial charge >= 0.3 is 5.97 Å². The second-order valence-electron chi connectivity index (χ2n) is 5.31. The summed E-state index contributed by atoms with van der Waals surface area (Å²) in [6.45, 7) is 4.04. The molecular formula is C18H16ClNO2S2. The zero-order valence-corrected chi connectivity index (χ0v) is 15.7. The molecule has 0 spiro atoms. The summed E-state index contributed by atoms with van der Waals surface area (Å²) in [5.41, 5.74) is 1.74. The Labute approximate surface area is 154 Å². The van der Waals surface area contributed by atoms with Crippen LogP contribution in [-0.2, 0) is 14.3 Å². The number of ether oxygens (including phenoxy) is 1. The predicted octanol–water partition coefficient (Wildman–Crippen LogP) is 5.52. The zero-order valence-electron chi connectivity index (χ0n) is 13.3. The maximum Gasteiger partial charge on any atom is 0.326 e. The molecule has 24 heavy (non-hydrogen) atoms. The quantitative estimate of drug-likeness (QED) is 0.433. The number of aromatic nitrogens is 1. The van der Waals surface area contributed by atoms with E-state index in [1.807, 2.05) is 62.4 Å². The highest BCUT2D eigenvalue weighted by atomic mass is 35.5. The Morgan fingerprint density at radius 1 is 1.29 bits per heavy atom. The van der Waals surface area contributed by atoms with Crippen LogP contribution in [0.2, 0.25) is 5.02 Å². The van der Waals surface area contributed by atoms with E-state index >= 15 is 0 Å². The fourth-order valence-electron chi connectivity index (χ4n) is 2.34. The molecule has 3 rings (SSSR count). The molecule has 124 valence electrons. The standard InChI is InChI=1S/C18H16ClNO2S2/c1-3-22-16(21)18(2,12-7-5-4-6-8-12)24-17-20-14-11-13(19)9-10-15(14)23-17/h4-11H,3H2,1-2H3. The third kappa shape index (κ3) is 3.43. The molecule has 0 saturated heterocycles. The monoisotopic (exact) mass is 377 g/mol. The lowest BCUT2D eigenvalue weighted by atomic mass is 10.0. The van der Waals surface area contributed by atoms with Crippen LogP contribution in [0.3, 0.4) is 0 Å². The summed E-state index contributed by atoms with van der Waals surface area (Å²) in [5, 5.41) is 0.653. The molecule has 0 radical (unpaired) electrons. The normalized spacial score (nSPS) is 13.6. The number of halogens is 1. The molecule has 0 aliphatic heterocycles. The third-order valence-electron chi connectivity index (χ3n) is 3.61. The van der Waals surface area contributed by atoms with Gasteiger partial charge in [0.2, 0.25) is 0 Å². The van der Waals surface area contributed by atoms with Crippen molar-refractivity contribution in [1.29, 1.82) is 0 Å². The van der Waals surface area contributed by atoms with Crippen molar-refractivity contribution < 1.29 is 9.53 Å². The average molecular weight is 378 g/mol. The van der Waals surface area contributed by atoms with Gasteiger partial charge in [-0.1, -0.05) is 53.7 Å². The number of esters is 1. The van der Waals surface area contributed by atoms with Gasteiger partial charge in [0.15, 0.2) is 4.34 Å². The first-order valence-corrected chi connectivity index (χ1v) is 9.52. The predicted molar refractivity (Wildman–Crippen MR) is 101 cm³/mol. The summed E-state index contributed by atoms with van der Waals surface area (Å²) in [7, 11) is 0. The minimum Gasteiger partial charge on any atom is -0.465 e. The molecule has 0 bridgehead atoms. The van der Waals surface area contributed by atoms with Gasteiger partial charge in [-0.2, -0.15) is 0 Å². The molecule has 0 aliphatic rings. The highest BCUT2D eigenvalue weighted by molar-refractivity contribution is 8.02. The van der Waals surface area contributed by atoms with E-state index in [1.54, 1.807) is 11.3 Å². The van der Waals surface area contributed by atoms with Crippen molar-refractivity contribution in [2.24, 2.45) is 0 Å². The number of nitrogens with zero attached hydrogens (tertiary/aromatic N) is 1. The van der Waals surface area contributed by atoms with Gasteiger partial charge in [0.1, 0.15) is 4.75 Å². The van der Waals surface area contributed by atoms with Crippen molar-refractivity contribution in [2.75, 3.05) is 6.61 Å². The van der Waals surface area contributed by atoms with E-state index in [9.17, 15) is 4.79 Å². The zero-order chi connectivity index (χ0) is 17.2. The number of thiazole rings is 1. The average Bonchev–Trinajstić information content (AvgIpc) is 2.96. The van der Waals surface area contributed by atoms with E-state index in [0.29, 0.717) is 11.6 Å². The van der Waals surface area contributed by atoms with Crippen molar-refractivity contribution in [2.45, 2.75) is 22.9 Å². The van der Waals surface area contributed by atoms with E-state index in [1.165, 1.54) is 11.8 Å². The van der Waals surface area contributed by atoms with E-state index in [0.717, 1.165) is 20.1 Å². The van der Waals surface area contributed by atoms with Crippen molar-refractivity contribution in [3.05, 3.63) is 59.1 Å². The molecule has 3 aromatic rings. The van der Waals surface area contributed by atoms with Gasteiger partial charge in [0.05, 0.1) is 16.8 Å². The summed E-state index contributed by atoms with van der Waals surface area (Å²) in [4.78, 5) is 17.3. The summed E-state index contributed by atoms with van der Waals surface area (Å²) in [6, 6.07) is 15.3. The van der Waals surface area contributed by atoms with E-state index in [4.69, 9.17) is 16.3 Å². The summed E-state index contributed by atoms with van der Waals surface area (Å²) in [5.74, 6) is -0.265. The van der Waals surface area contributed by atoms with Gasteiger partial charge in [-0.3, -0.25) is 4.79 Å². The minimum atomic E-state index is -0.852. The third-order valence-corrected chi connectivity index (χ3v) is 6.25. The van der Waals surface area contributed by atoms with Crippen LogP contribution in [-0.4, -0.2) is 17.6 Å². The molecular weight excluding hydrogens is 362 g/mol. The summed E-state index contributed by atoms with van der Waals surface area (Å²) in [6.07, 6.45) is 0. The molecule has 6 heteroatoms. The first kappa shape index (κ1) is 17.3. The Morgan fingerprint density at radius 2 is 2.04 bits per heavy atom. The number of rotatable bonds is 5.